The third kappa shape index (κ3) is 2.55. The molecule has 110 valence electrons. The topological polar surface area (TPSA) is 72.7 Å². The van der Waals surface area contributed by atoms with Gasteiger partial charge < -0.3 is 4.57 Å². The fourth-order valence-corrected chi connectivity index (χ4v) is 2.80. The summed E-state index contributed by atoms with van der Waals surface area (Å²) in [5, 5.41) is 0. The van der Waals surface area contributed by atoms with E-state index < -0.39 is 5.69 Å². The van der Waals surface area contributed by atoms with Gasteiger partial charge in [-0.2, -0.15) is 0 Å². The molecule has 1 aliphatic rings. The highest BCUT2D eigenvalue weighted by Crippen LogP contribution is 2.26. The maximum atomic E-state index is 11.9. The number of aryl methyl sites for hydroxylation is 1. The number of nitrogens with zero attached hydrogens (tertiary/aromatic N) is 3. The van der Waals surface area contributed by atoms with E-state index in [4.69, 9.17) is 0 Å². The van der Waals surface area contributed by atoms with Crippen molar-refractivity contribution in [3.8, 4) is 0 Å². The van der Waals surface area contributed by atoms with Gasteiger partial charge in [-0.1, -0.05) is 26.7 Å². The summed E-state index contributed by atoms with van der Waals surface area (Å²) < 4.78 is 3.26. The number of imidazole rings is 1. The molecular weight excluding hydrogens is 256 g/mol. The quantitative estimate of drug-likeness (QED) is 0.907. The van der Waals surface area contributed by atoms with Gasteiger partial charge in [-0.15, -0.1) is 0 Å². The summed E-state index contributed by atoms with van der Waals surface area (Å²) in [7, 11) is 1.62. The van der Waals surface area contributed by atoms with Crippen molar-refractivity contribution in [1.82, 2.24) is 19.1 Å². The normalized spacial score (nSPS) is 15.3. The van der Waals surface area contributed by atoms with Crippen LogP contribution in [0.5, 0.6) is 0 Å². The summed E-state index contributed by atoms with van der Waals surface area (Å²) in [5.41, 5.74) is 0.202. The monoisotopic (exact) mass is 278 g/mol. The molecule has 20 heavy (non-hydrogen) atoms. The van der Waals surface area contributed by atoms with Gasteiger partial charge in [-0.3, -0.25) is 14.3 Å². The van der Waals surface area contributed by atoms with Gasteiger partial charge >= 0.3 is 5.69 Å². The first-order chi connectivity index (χ1) is 9.66. The lowest BCUT2D eigenvalue weighted by molar-refractivity contribution is 0.463. The largest absolute Gasteiger partial charge is 0.329 e. The van der Waals surface area contributed by atoms with Crippen LogP contribution in [0.1, 0.15) is 39.5 Å². The van der Waals surface area contributed by atoms with Crippen molar-refractivity contribution in [3.05, 3.63) is 27.2 Å². The van der Waals surface area contributed by atoms with Crippen LogP contribution in [0.15, 0.2) is 15.9 Å². The fraction of sp³-hybridized carbons (Fsp3) is 0.643. The molecule has 0 aromatic carbocycles. The second kappa shape index (κ2) is 6.07. The van der Waals surface area contributed by atoms with Crippen LogP contribution in [0.25, 0.3) is 11.2 Å². The third-order valence-corrected chi connectivity index (χ3v) is 3.81. The number of hydrogen-bond donors (Lipinski definition) is 1. The molecule has 2 aromatic heterocycles. The zero-order valence-corrected chi connectivity index (χ0v) is 12.3. The van der Waals surface area contributed by atoms with Gasteiger partial charge in [0.25, 0.3) is 5.56 Å². The van der Waals surface area contributed by atoms with Crippen molar-refractivity contribution in [2.75, 3.05) is 0 Å². The van der Waals surface area contributed by atoms with E-state index in [1.54, 1.807) is 13.4 Å². The maximum absolute atomic E-state index is 11.9. The second-order valence-corrected chi connectivity index (χ2v) is 5.04. The van der Waals surface area contributed by atoms with E-state index >= 15 is 0 Å². The number of aromatic nitrogens is 4. The Hall–Kier alpha value is -1.85. The molecule has 1 N–H and O–H groups in total. The van der Waals surface area contributed by atoms with Crippen molar-refractivity contribution < 1.29 is 0 Å². The Morgan fingerprint density at radius 2 is 1.95 bits per heavy atom. The molecule has 2 heterocycles. The van der Waals surface area contributed by atoms with Crippen LogP contribution in [0.4, 0.5) is 0 Å². The molecule has 1 saturated carbocycles. The summed E-state index contributed by atoms with van der Waals surface area (Å²) >= 11 is 0. The van der Waals surface area contributed by atoms with Crippen LogP contribution in [0, 0.1) is 5.92 Å². The van der Waals surface area contributed by atoms with Gasteiger partial charge in [0.1, 0.15) is 0 Å². The zero-order chi connectivity index (χ0) is 14.7. The van der Waals surface area contributed by atoms with E-state index in [1.807, 2.05) is 18.4 Å². The van der Waals surface area contributed by atoms with E-state index in [0.29, 0.717) is 17.1 Å². The van der Waals surface area contributed by atoms with Crippen LogP contribution >= 0.6 is 0 Å². The first kappa shape index (κ1) is 14.6. The number of rotatable bonds is 2. The van der Waals surface area contributed by atoms with Crippen molar-refractivity contribution in [3.63, 3.8) is 0 Å². The highest BCUT2D eigenvalue weighted by Gasteiger charge is 2.18. The SMILES string of the molecule is CC.Cn1c(=O)[nH]c(=O)c2c1ncn2CC1CCCC1. The molecule has 1 aliphatic carbocycles. The van der Waals surface area contributed by atoms with Gasteiger partial charge in [-0.25, -0.2) is 9.78 Å². The number of fused-ring (bicyclic) bond motifs is 1. The predicted octanol–water partition coefficient (Wildman–Crippen LogP) is 1.64. The first-order valence-corrected chi connectivity index (χ1v) is 7.31. The molecule has 0 radical (unpaired) electrons. The Kier molecular flexibility index (Phi) is 4.42. The lowest BCUT2D eigenvalue weighted by Gasteiger charge is -2.10. The van der Waals surface area contributed by atoms with E-state index in [-0.39, 0.29) is 5.56 Å². The Bertz CT molecular complexity index is 689. The van der Waals surface area contributed by atoms with Crippen molar-refractivity contribution in [2.45, 2.75) is 46.1 Å². The number of hydrogen-bond acceptors (Lipinski definition) is 3. The summed E-state index contributed by atoms with van der Waals surface area (Å²) in [6.07, 6.45) is 6.63. The Morgan fingerprint density at radius 3 is 2.60 bits per heavy atom. The average Bonchev–Trinajstić information content (AvgIpc) is 3.09. The molecule has 3 rings (SSSR count). The molecule has 0 unspecified atom stereocenters. The predicted molar refractivity (Wildman–Crippen MR) is 78.9 cm³/mol. The lowest BCUT2D eigenvalue weighted by atomic mass is 10.1. The minimum Gasteiger partial charge on any atom is -0.324 e. The summed E-state index contributed by atoms with van der Waals surface area (Å²) in [5.74, 6) is 0.624. The van der Waals surface area contributed by atoms with Crippen molar-refractivity contribution in [1.29, 1.82) is 0 Å². The summed E-state index contributed by atoms with van der Waals surface area (Å²) in [4.78, 5) is 29.9. The van der Waals surface area contributed by atoms with E-state index in [2.05, 4.69) is 9.97 Å². The smallest absolute Gasteiger partial charge is 0.324 e. The van der Waals surface area contributed by atoms with Crippen LogP contribution in [0.3, 0.4) is 0 Å². The second-order valence-electron chi connectivity index (χ2n) is 5.04. The van der Waals surface area contributed by atoms with Gasteiger partial charge in [0.15, 0.2) is 11.2 Å². The fourth-order valence-electron chi connectivity index (χ4n) is 2.80. The summed E-state index contributed by atoms with van der Waals surface area (Å²) in [6, 6.07) is 0. The Balaban J connectivity index is 0.000000704. The highest BCUT2D eigenvalue weighted by atomic mass is 16.2. The minimum atomic E-state index is -0.418. The van der Waals surface area contributed by atoms with Gasteiger partial charge in [0, 0.05) is 13.6 Å². The standard InChI is InChI=1S/C12H16N4O2.C2H6/c1-15-10-9(11(17)14-12(15)18)16(7-13-10)6-8-4-2-3-5-8;1-2/h7-8H,2-6H2,1H3,(H,14,17,18);1-2H3. The molecule has 0 amide bonds. The molecule has 2 aromatic rings. The van der Waals surface area contributed by atoms with Gasteiger partial charge in [0.2, 0.25) is 0 Å². The van der Waals surface area contributed by atoms with Gasteiger partial charge in [-0.05, 0) is 18.8 Å². The molecule has 0 atom stereocenters. The average molecular weight is 278 g/mol. The van der Waals surface area contributed by atoms with Crippen molar-refractivity contribution >= 4 is 11.2 Å². The highest BCUT2D eigenvalue weighted by molar-refractivity contribution is 5.69. The summed E-state index contributed by atoms with van der Waals surface area (Å²) in [6.45, 7) is 4.82. The minimum absolute atomic E-state index is 0.344. The molecule has 6 nitrogen and oxygen atoms in total. The molecule has 6 heteroatoms. The van der Waals surface area contributed by atoms with Crippen LogP contribution in [0.2, 0.25) is 0 Å². The zero-order valence-electron chi connectivity index (χ0n) is 12.3. The van der Waals surface area contributed by atoms with E-state index in [0.717, 1.165) is 6.54 Å². The van der Waals surface area contributed by atoms with E-state index in [9.17, 15) is 9.59 Å². The number of aromatic amines is 1. The molecule has 1 fully saturated rings. The van der Waals surface area contributed by atoms with E-state index in [1.165, 1.54) is 30.3 Å². The van der Waals surface area contributed by atoms with Crippen LogP contribution in [-0.2, 0) is 13.6 Å². The molecule has 0 bridgehead atoms. The van der Waals surface area contributed by atoms with Crippen LogP contribution in [-0.4, -0.2) is 19.1 Å². The molecular formula is C14H22N4O2. The molecule has 0 spiro atoms. The first-order valence-electron chi connectivity index (χ1n) is 7.31. The Morgan fingerprint density at radius 1 is 1.30 bits per heavy atom. The third-order valence-electron chi connectivity index (χ3n) is 3.81. The van der Waals surface area contributed by atoms with Crippen molar-refractivity contribution in [2.24, 2.45) is 13.0 Å². The number of nitrogens with one attached hydrogen (secondary N) is 1. The molecule has 0 aliphatic heterocycles. The molecule has 0 saturated heterocycles. The Labute approximate surface area is 117 Å². The van der Waals surface area contributed by atoms with Gasteiger partial charge in [0.05, 0.1) is 6.33 Å². The maximum Gasteiger partial charge on any atom is 0.329 e. The lowest BCUT2D eigenvalue weighted by Crippen LogP contribution is -2.29. The number of H-pyrrole nitrogens is 1. The van der Waals surface area contributed by atoms with Crippen LogP contribution < -0.4 is 11.2 Å².